The van der Waals surface area contributed by atoms with E-state index in [0.29, 0.717) is 17.6 Å². The van der Waals surface area contributed by atoms with Gasteiger partial charge in [-0.25, -0.2) is 4.98 Å². The van der Waals surface area contributed by atoms with Gasteiger partial charge in [0.1, 0.15) is 22.3 Å². The van der Waals surface area contributed by atoms with Gasteiger partial charge in [0.2, 0.25) is 5.95 Å². The van der Waals surface area contributed by atoms with Crippen LogP contribution >= 0.6 is 0 Å². The molecule has 0 radical (unpaired) electrons. The van der Waals surface area contributed by atoms with Crippen LogP contribution in [0.5, 0.6) is 0 Å². The number of furan rings is 2. The molecule has 7 nitrogen and oxygen atoms in total. The van der Waals surface area contributed by atoms with Gasteiger partial charge in [-0.1, -0.05) is 146 Å². The van der Waals surface area contributed by atoms with Crippen LogP contribution in [0.25, 0.3) is 144 Å². The standard InChI is InChI=1S/C63H37N5O2/c1-3-15-38(16-4-1)61-64-62(48-24-13-23-47-46-21-9-12-27-56(46)70-60(47)48)66-63(65-61)68-53-26-11-8-20-45(53)49-35-39(29-32-55(49)68)40-31-34-57-51(36-40)59-43(22-14-28-58(59)69-57)41-30-33-54-50(37-41)44-19-7-10-25-52(44)67(54)42-17-5-2-6-18-42/h1-37H. The third-order valence-electron chi connectivity index (χ3n) is 14.0. The summed E-state index contributed by atoms with van der Waals surface area (Å²) in [6, 6.07) is 78.7. The largest absolute Gasteiger partial charge is 0.456 e. The van der Waals surface area contributed by atoms with E-state index in [1.807, 2.05) is 60.7 Å². The van der Waals surface area contributed by atoms with Gasteiger partial charge in [-0.2, -0.15) is 9.97 Å². The second-order valence-corrected chi connectivity index (χ2v) is 17.9. The molecule has 326 valence electrons. The number of fused-ring (bicyclic) bond motifs is 12. The van der Waals surface area contributed by atoms with Gasteiger partial charge in [-0.15, -0.1) is 0 Å². The van der Waals surface area contributed by atoms with Crippen LogP contribution in [0.15, 0.2) is 233 Å². The lowest BCUT2D eigenvalue weighted by molar-refractivity contribution is 0.669. The Hall–Kier alpha value is -9.59. The summed E-state index contributed by atoms with van der Waals surface area (Å²) in [5.74, 6) is 1.64. The van der Waals surface area contributed by atoms with Crippen LogP contribution in [-0.4, -0.2) is 24.1 Å². The zero-order chi connectivity index (χ0) is 45.9. The molecule has 0 aliphatic carbocycles. The summed E-state index contributed by atoms with van der Waals surface area (Å²) >= 11 is 0. The molecule has 7 heteroatoms. The predicted molar refractivity (Wildman–Crippen MR) is 285 cm³/mol. The van der Waals surface area contributed by atoms with E-state index in [4.69, 9.17) is 23.8 Å². The highest BCUT2D eigenvalue weighted by molar-refractivity contribution is 6.17. The molecule has 5 heterocycles. The molecule has 0 unspecified atom stereocenters. The number of nitrogens with zero attached hydrogens (tertiary/aromatic N) is 5. The Kier molecular flexibility index (Phi) is 8.23. The van der Waals surface area contributed by atoms with E-state index in [2.05, 4.69) is 173 Å². The number of aromatic nitrogens is 5. The van der Waals surface area contributed by atoms with Crippen molar-refractivity contribution in [2.24, 2.45) is 0 Å². The number of para-hydroxylation sites is 5. The van der Waals surface area contributed by atoms with E-state index in [9.17, 15) is 0 Å². The van der Waals surface area contributed by atoms with Crippen LogP contribution in [0.1, 0.15) is 0 Å². The molecule has 0 aliphatic rings. The second-order valence-electron chi connectivity index (χ2n) is 17.9. The highest BCUT2D eigenvalue weighted by Crippen LogP contribution is 2.43. The lowest BCUT2D eigenvalue weighted by atomic mass is 9.96. The molecule has 15 rings (SSSR count). The summed E-state index contributed by atoms with van der Waals surface area (Å²) in [4.78, 5) is 15.6. The average molecular weight is 896 g/mol. The number of hydrogen-bond acceptors (Lipinski definition) is 5. The highest BCUT2D eigenvalue weighted by atomic mass is 16.3. The summed E-state index contributed by atoms with van der Waals surface area (Å²) in [5.41, 5.74) is 14.9. The highest BCUT2D eigenvalue weighted by Gasteiger charge is 2.22. The molecule has 0 amide bonds. The first-order valence-electron chi connectivity index (χ1n) is 23.5. The van der Waals surface area contributed by atoms with Crippen LogP contribution in [0.4, 0.5) is 0 Å². The summed E-state index contributed by atoms with van der Waals surface area (Å²) < 4.78 is 17.6. The van der Waals surface area contributed by atoms with E-state index < -0.39 is 0 Å². The van der Waals surface area contributed by atoms with Crippen molar-refractivity contribution >= 4 is 87.5 Å². The molecule has 15 aromatic rings. The fourth-order valence-electron chi connectivity index (χ4n) is 10.8. The molecule has 0 saturated heterocycles. The fourth-order valence-corrected chi connectivity index (χ4v) is 10.8. The van der Waals surface area contributed by atoms with Gasteiger partial charge in [0, 0.05) is 54.3 Å². The molecule has 0 spiro atoms. The minimum atomic E-state index is 0.526. The number of rotatable bonds is 6. The number of hydrogen-bond donors (Lipinski definition) is 0. The zero-order valence-electron chi connectivity index (χ0n) is 37.4. The minimum Gasteiger partial charge on any atom is -0.456 e. The van der Waals surface area contributed by atoms with Gasteiger partial charge in [-0.3, -0.25) is 4.57 Å². The smallest absolute Gasteiger partial charge is 0.238 e. The van der Waals surface area contributed by atoms with Gasteiger partial charge in [0.05, 0.1) is 27.6 Å². The Labute approximate surface area is 399 Å². The van der Waals surface area contributed by atoms with Crippen LogP contribution in [0, 0.1) is 0 Å². The Morgan fingerprint density at radius 2 is 0.843 bits per heavy atom. The summed E-state index contributed by atoms with van der Waals surface area (Å²) in [6.45, 7) is 0. The number of benzene rings is 10. The Balaban J connectivity index is 0.886. The van der Waals surface area contributed by atoms with Gasteiger partial charge in [0.25, 0.3) is 0 Å². The average Bonchev–Trinajstić information content (AvgIpc) is 4.18. The Morgan fingerprint density at radius 1 is 0.300 bits per heavy atom. The minimum absolute atomic E-state index is 0.526. The maximum atomic E-state index is 6.60. The van der Waals surface area contributed by atoms with Gasteiger partial charge >= 0.3 is 0 Å². The van der Waals surface area contributed by atoms with Crippen molar-refractivity contribution in [3.05, 3.63) is 224 Å². The molecule has 5 aromatic heterocycles. The molecule has 0 N–H and O–H groups in total. The third-order valence-corrected chi connectivity index (χ3v) is 14.0. The van der Waals surface area contributed by atoms with Crippen LogP contribution < -0.4 is 0 Å². The van der Waals surface area contributed by atoms with Crippen molar-refractivity contribution in [3.63, 3.8) is 0 Å². The fraction of sp³-hybridized carbons (Fsp3) is 0. The van der Waals surface area contributed by atoms with Crippen molar-refractivity contribution in [2.75, 3.05) is 0 Å². The molecular formula is C63H37N5O2. The van der Waals surface area contributed by atoms with Crippen LogP contribution in [0.2, 0.25) is 0 Å². The van der Waals surface area contributed by atoms with Crippen LogP contribution in [-0.2, 0) is 0 Å². The molecule has 0 fully saturated rings. The van der Waals surface area contributed by atoms with E-state index in [1.165, 1.54) is 21.8 Å². The third kappa shape index (κ3) is 5.79. The normalized spacial score (nSPS) is 12.0. The summed E-state index contributed by atoms with van der Waals surface area (Å²) in [6.07, 6.45) is 0. The predicted octanol–water partition coefficient (Wildman–Crippen LogP) is 16.5. The molecular weight excluding hydrogens is 859 g/mol. The molecule has 0 saturated carbocycles. The van der Waals surface area contributed by atoms with E-state index in [0.717, 1.165) is 105 Å². The van der Waals surface area contributed by atoms with Gasteiger partial charge in [-0.05, 0) is 101 Å². The van der Waals surface area contributed by atoms with Gasteiger partial charge in [0.15, 0.2) is 11.6 Å². The zero-order valence-corrected chi connectivity index (χ0v) is 37.4. The molecule has 10 aromatic carbocycles. The molecule has 0 bridgehead atoms. The molecule has 0 aliphatic heterocycles. The summed E-state index contributed by atoms with van der Waals surface area (Å²) in [7, 11) is 0. The SMILES string of the molecule is c1ccc(-c2nc(-c3cccc4c3oc3ccccc34)nc(-n3c4ccccc4c4cc(-c5ccc6oc7cccc(-c8ccc9c(c8)c8ccccc8n9-c8ccccc8)c7c6c5)ccc43)n2)cc1. The van der Waals surface area contributed by atoms with Crippen molar-refractivity contribution in [3.8, 4) is 56.7 Å². The first kappa shape index (κ1) is 38.5. The van der Waals surface area contributed by atoms with Gasteiger partial charge < -0.3 is 13.4 Å². The van der Waals surface area contributed by atoms with Crippen LogP contribution in [0.3, 0.4) is 0 Å². The topological polar surface area (TPSA) is 74.8 Å². The van der Waals surface area contributed by atoms with E-state index in [1.54, 1.807) is 0 Å². The van der Waals surface area contributed by atoms with E-state index >= 15 is 0 Å². The Bertz CT molecular complexity index is 4600. The van der Waals surface area contributed by atoms with Crippen molar-refractivity contribution in [2.45, 2.75) is 0 Å². The maximum absolute atomic E-state index is 6.60. The lowest BCUT2D eigenvalue weighted by Crippen LogP contribution is -2.06. The Morgan fingerprint density at radius 3 is 1.64 bits per heavy atom. The first-order chi connectivity index (χ1) is 34.7. The van der Waals surface area contributed by atoms with Crippen molar-refractivity contribution in [1.29, 1.82) is 0 Å². The van der Waals surface area contributed by atoms with E-state index in [-0.39, 0.29) is 0 Å². The second kappa shape index (κ2) is 15.0. The monoisotopic (exact) mass is 895 g/mol. The first-order valence-corrected chi connectivity index (χ1v) is 23.5. The molecule has 70 heavy (non-hydrogen) atoms. The summed E-state index contributed by atoms with van der Waals surface area (Å²) in [5, 5.41) is 8.87. The van der Waals surface area contributed by atoms with Crippen molar-refractivity contribution < 1.29 is 8.83 Å². The lowest BCUT2D eigenvalue weighted by Gasteiger charge is -2.11. The maximum Gasteiger partial charge on any atom is 0.238 e. The quantitative estimate of drug-likeness (QED) is 0.166. The molecule has 0 atom stereocenters. The van der Waals surface area contributed by atoms with Crippen molar-refractivity contribution in [1.82, 2.24) is 24.1 Å².